The molecule has 0 aromatic carbocycles. The minimum atomic E-state index is -3.25. The lowest BCUT2D eigenvalue weighted by atomic mass is 10.3. The van der Waals surface area contributed by atoms with Gasteiger partial charge in [-0.05, 0) is 19.8 Å². The van der Waals surface area contributed by atoms with Crippen LogP contribution < -0.4 is 0 Å². The lowest BCUT2D eigenvalue weighted by molar-refractivity contribution is -0.163. The number of esters is 1. The number of aliphatic hydroxyl groups excluding tert-OH is 1. The number of carbonyl (C=O) groups excluding carboxylic acids is 1. The van der Waals surface area contributed by atoms with Gasteiger partial charge >= 0.3 is 13.6 Å². The summed E-state index contributed by atoms with van der Waals surface area (Å²) in [6.45, 7) is 9.33. The fourth-order valence-electron chi connectivity index (χ4n) is 1.18. The molecule has 0 aliphatic heterocycles. The molecule has 0 aromatic rings. The standard InChI is InChI=1S/C13H25O6P/c1-5-8-17-20(16,18-9-6-2)10-7-12(14)19-13(15)11(3)4/h12,14H,3,5-10H2,1-2,4H3. The van der Waals surface area contributed by atoms with Crippen molar-refractivity contribution >= 4 is 13.6 Å². The van der Waals surface area contributed by atoms with Gasteiger partial charge in [-0.3, -0.25) is 4.57 Å². The number of carbonyl (C=O) groups is 1. The smallest absolute Gasteiger partial charge is 0.335 e. The number of ether oxygens (including phenoxy) is 1. The second kappa shape index (κ2) is 10.1. The van der Waals surface area contributed by atoms with E-state index in [-0.39, 0.29) is 18.2 Å². The molecule has 0 heterocycles. The van der Waals surface area contributed by atoms with E-state index in [1.54, 1.807) is 0 Å². The third-order valence-corrected chi connectivity index (χ3v) is 4.18. The summed E-state index contributed by atoms with van der Waals surface area (Å²) in [5.41, 5.74) is 0.191. The molecule has 0 saturated carbocycles. The molecule has 6 nitrogen and oxygen atoms in total. The minimum absolute atomic E-state index is 0.00234. The van der Waals surface area contributed by atoms with Crippen molar-refractivity contribution in [3.8, 4) is 0 Å². The van der Waals surface area contributed by atoms with Crippen molar-refractivity contribution in [1.82, 2.24) is 0 Å². The second-order valence-corrected chi connectivity index (χ2v) is 6.62. The SMILES string of the molecule is C=C(C)C(=O)OC(O)CCP(=O)(OCCC)OCCC. The van der Waals surface area contributed by atoms with Crippen molar-refractivity contribution in [1.29, 1.82) is 0 Å². The van der Waals surface area contributed by atoms with Crippen LogP contribution in [0.25, 0.3) is 0 Å². The van der Waals surface area contributed by atoms with Crippen molar-refractivity contribution in [2.45, 2.75) is 46.3 Å². The molecule has 0 radical (unpaired) electrons. The Morgan fingerprint density at radius 3 is 2.15 bits per heavy atom. The molecule has 0 saturated heterocycles. The molecule has 0 bridgehead atoms. The summed E-state index contributed by atoms with van der Waals surface area (Å²) in [5, 5.41) is 9.57. The third-order valence-electron chi connectivity index (χ3n) is 2.23. The molecule has 1 N–H and O–H groups in total. The first kappa shape index (κ1) is 19.3. The van der Waals surface area contributed by atoms with Gasteiger partial charge in [0.25, 0.3) is 0 Å². The van der Waals surface area contributed by atoms with Gasteiger partial charge < -0.3 is 18.9 Å². The van der Waals surface area contributed by atoms with Crippen molar-refractivity contribution in [2.75, 3.05) is 19.4 Å². The summed E-state index contributed by atoms with van der Waals surface area (Å²) < 4.78 is 27.5. The van der Waals surface area contributed by atoms with Crippen molar-refractivity contribution in [3.05, 3.63) is 12.2 Å². The Bertz CT molecular complexity index is 343. The van der Waals surface area contributed by atoms with E-state index in [2.05, 4.69) is 6.58 Å². The summed E-state index contributed by atoms with van der Waals surface area (Å²) >= 11 is 0. The topological polar surface area (TPSA) is 82.1 Å². The van der Waals surface area contributed by atoms with Gasteiger partial charge in [-0.15, -0.1) is 0 Å². The number of hydrogen-bond acceptors (Lipinski definition) is 6. The highest BCUT2D eigenvalue weighted by molar-refractivity contribution is 7.53. The van der Waals surface area contributed by atoms with Crippen LogP contribution in [0.15, 0.2) is 12.2 Å². The zero-order valence-electron chi connectivity index (χ0n) is 12.5. The molecule has 0 aliphatic carbocycles. The number of aliphatic hydroxyl groups is 1. The molecular formula is C13H25O6P. The second-order valence-electron chi connectivity index (χ2n) is 4.43. The quantitative estimate of drug-likeness (QED) is 0.273. The summed E-state index contributed by atoms with van der Waals surface area (Å²) in [6.07, 6.45) is 0.0729. The van der Waals surface area contributed by atoms with E-state index in [1.807, 2.05) is 13.8 Å². The Morgan fingerprint density at radius 2 is 1.75 bits per heavy atom. The van der Waals surface area contributed by atoms with Gasteiger partial charge in [0.05, 0.1) is 19.4 Å². The van der Waals surface area contributed by atoms with E-state index in [0.717, 1.165) is 0 Å². The molecular weight excluding hydrogens is 283 g/mol. The maximum absolute atomic E-state index is 12.3. The first-order valence-corrected chi connectivity index (χ1v) is 8.50. The van der Waals surface area contributed by atoms with Gasteiger partial charge in [-0.2, -0.15) is 0 Å². The molecule has 118 valence electrons. The van der Waals surface area contributed by atoms with Crippen LogP contribution >= 0.6 is 7.60 Å². The Morgan fingerprint density at radius 1 is 1.25 bits per heavy atom. The molecule has 0 spiro atoms. The Hall–Kier alpha value is -0.680. The van der Waals surface area contributed by atoms with Crippen LogP contribution in [0.1, 0.15) is 40.0 Å². The molecule has 0 aliphatic rings. The van der Waals surface area contributed by atoms with E-state index >= 15 is 0 Å². The van der Waals surface area contributed by atoms with Gasteiger partial charge in [0.2, 0.25) is 6.29 Å². The molecule has 0 fully saturated rings. The van der Waals surface area contributed by atoms with Gasteiger partial charge in [0, 0.05) is 12.0 Å². The van der Waals surface area contributed by atoms with Gasteiger partial charge in [-0.1, -0.05) is 20.4 Å². The third kappa shape index (κ3) is 8.48. The molecule has 1 atom stereocenters. The van der Waals surface area contributed by atoms with Crippen LogP contribution in [0.4, 0.5) is 0 Å². The summed E-state index contributed by atoms with van der Waals surface area (Å²) in [6, 6.07) is 0. The van der Waals surface area contributed by atoms with E-state index in [9.17, 15) is 14.5 Å². The van der Waals surface area contributed by atoms with Gasteiger partial charge in [-0.25, -0.2) is 4.79 Å². The average Bonchev–Trinajstić information content (AvgIpc) is 2.41. The first-order chi connectivity index (χ1) is 9.34. The molecule has 0 amide bonds. The summed E-state index contributed by atoms with van der Waals surface area (Å²) in [5.74, 6) is -0.684. The number of hydrogen-bond donors (Lipinski definition) is 1. The predicted molar refractivity (Wildman–Crippen MR) is 76.5 cm³/mol. The molecule has 1 unspecified atom stereocenters. The maximum Gasteiger partial charge on any atom is 0.335 e. The lowest BCUT2D eigenvalue weighted by Gasteiger charge is -2.19. The Balaban J connectivity index is 4.33. The van der Waals surface area contributed by atoms with Crippen LogP contribution in [0, 0.1) is 0 Å². The fraction of sp³-hybridized carbons (Fsp3) is 0.769. The van der Waals surface area contributed by atoms with Gasteiger partial charge in [0.15, 0.2) is 0 Å². The monoisotopic (exact) mass is 308 g/mol. The highest BCUT2D eigenvalue weighted by Crippen LogP contribution is 2.49. The van der Waals surface area contributed by atoms with Crippen LogP contribution in [0.5, 0.6) is 0 Å². The van der Waals surface area contributed by atoms with E-state index in [4.69, 9.17) is 13.8 Å². The van der Waals surface area contributed by atoms with E-state index in [0.29, 0.717) is 26.1 Å². The predicted octanol–water partition coefficient (Wildman–Crippen LogP) is 2.86. The van der Waals surface area contributed by atoms with Crippen LogP contribution in [-0.4, -0.2) is 36.7 Å². The van der Waals surface area contributed by atoms with Crippen LogP contribution in [0.3, 0.4) is 0 Å². The number of rotatable bonds is 11. The zero-order chi connectivity index (χ0) is 15.6. The highest BCUT2D eigenvalue weighted by atomic mass is 31.2. The molecule has 0 rings (SSSR count). The van der Waals surface area contributed by atoms with Crippen molar-refractivity contribution in [2.24, 2.45) is 0 Å². The molecule has 0 aromatic heterocycles. The summed E-state index contributed by atoms with van der Waals surface area (Å²) in [4.78, 5) is 11.2. The largest absolute Gasteiger partial charge is 0.433 e. The Kier molecular flexibility index (Phi) is 9.76. The lowest BCUT2D eigenvalue weighted by Crippen LogP contribution is -2.19. The molecule has 7 heteroatoms. The molecule has 20 heavy (non-hydrogen) atoms. The minimum Gasteiger partial charge on any atom is -0.433 e. The van der Waals surface area contributed by atoms with E-state index in [1.165, 1.54) is 6.92 Å². The van der Waals surface area contributed by atoms with E-state index < -0.39 is 19.9 Å². The Labute approximate surface area is 120 Å². The normalized spacial score (nSPS) is 13.0. The fourth-order valence-corrected chi connectivity index (χ4v) is 2.97. The van der Waals surface area contributed by atoms with Gasteiger partial charge in [0.1, 0.15) is 0 Å². The zero-order valence-corrected chi connectivity index (χ0v) is 13.4. The first-order valence-electron chi connectivity index (χ1n) is 6.77. The average molecular weight is 308 g/mol. The van der Waals surface area contributed by atoms with Crippen molar-refractivity contribution < 1.29 is 28.3 Å². The highest BCUT2D eigenvalue weighted by Gasteiger charge is 2.26. The summed E-state index contributed by atoms with van der Waals surface area (Å²) in [7, 11) is -3.25. The van der Waals surface area contributed by atoms with Crippen LogP contribution in [-0.2, 0) is 23.1 Å². The maximum atomic E-state index is 12.3. The van der Waals surface area contributed by atoms with Crippen molar-refractivity contribution in [3.63, 3.8) is 0 Å². The van der Waals surface area contributed by atoms with Crippen LogP contribution in [0.2, 0.25) is 0 Å².